The molecule has 6 saturated carbocycles. The smallest absolute Gasteiger partial charge is 0.373 e. The normalized spacial score (nSPS) is 31.1. The van der Waals surface area contributed by atoms with Crippen molar-refractivity contribution in [3.8, 4) is 0 Å². The van der Waals surface area contributed by atoms with Gasteiger partial charge in [-0.2, -0.15) is 50.5 Å². The van der Waals surface area contributed by atoms with E-state index in [1.807, 2.05) is 103 Å². The molecule has 73 heavy (non-hydrogen) atoms. The molecule has 0 amide bonds. The maximum atomic E-state index is 6.93. The lowest BCUT2D eigenvalue weighted by Gasteiger charge is -2.59. The molecule has 6 aliphatic rings. The Morgan fingerprint density at radius 3 is 1.12 bits per heavy atom. The molecule has 0 heterocycles. The minimum atomic E-state index is -3.52. The Kier molecular flexibility index (Phi) is 24.3. The molecule has 0 saturated heterocycles. The maximum absolute atomic E-state index is 6.93. The standard InChI is InChI=1S/C49H86O9S12Si3/c1-11-50-71(51-12-2,52-13-3)45(33-36-24-27-39(45)30-36)49(61,62)48(59,60)43-23-21-20-22-42(43)44(10,63-67-69-65-46(34-37-25-28-40(46)31-37)72(53-14-4,54-15-5)55-16-6)64-68-70-66-47(35-38-26-29-41(47)32-38)73(56-17-7,57-18-8)58-19-9/h20-23,36-41,59-62H,11-19,24-35H2,1-10H3. The SMILES string of the molecule is CCO[Si](OCC)(OCC)C1(SSSSC(C)(SSSSC2([Si](OCC)(OCC)OCC)CC3CCC2C3)c2ccccc2C(S)(S)C(S)(S)C2([Si](OCC)(OCC)OCC)CC3CCC2C3)CC2CCC1C2. The van der Waals surface area contributed by atoms with Crippen LogP contribution in [0.1, 0.15) is 157 Å². The molecule has 9 atom stereocenters. The monoisotopic (exact) mass is 1290 g/mol. The van der Waals surface area contributed by atoms with Gasteiger partial charge in [0.05, 0.1) is 9.12 Å². The summed E-state index contributed by atoms with van der Waals surface area (Å²) in [5.41, 5.74) is 2.10. The van der Waals surface area contributed by atoms with E-state index < -0.39 is 43.7 Å². The van der Waals surface area contributed by atoms with E-state index in [9.17, 15) is 0 Å². The second-order valence-electron chi connectivity index (χ2n) is 20.5. The molecule has 6 bridgehead atoms. The van der Waals surface area contributed by atoms with E-state index >= 15 is 0 Å². The fourth-order valence-electron chi connectivity index (χ4n) is 14.3. The Balaban J connectivity index is 1.26. The van der Waals surface area contributed by atoms with Gasteiger partial charge in [-0.1, -0.05) is 86.7 Å². The molecule has 24 heteroatoms. The van der Waals surface area contributed by atoms with Crippen LogP contribution in [0.15, 0.2) is 24.3 Å². The van der Waals surface area contributed by atoms with Crippen LogP contribution in [-0.2, 0) is 48.0 Å². The highest BCUT2D eigenvalue weighted by Crippen LogP contribution is 2.78. The van der Waals surface area contributed by atoms with Gasteiger partial charge >= 0.3 is 26.4 Å². The Labute approximate surface area is 496 Å². The van der Waals surface area contributed by atoms with Gasteiger partial charge in [0.2, 0.25) is 0 Å². The van der Waals surface area contributed by atoms with Crippen LogP contribution in [0.4, 0.5) is 0 Å². The minimum absolute atomic E-state index is 0.220. The molecule has 0 aliphatic heterocycles. The fourth-order valence-corrected chi connectivity index (χ4v) is 50.5. The number of fused-ring (bicyclic) bond motifs is 6. The van der Waals surface area contributed by atoms with Crippen molar-refractivity contribution in [2.24, 2.45) is 35.5 Å². The first-order valence-electron chi connectivity index (χ1n) is 27.1. The van der Waals surface area contributed by atoms with Gasteiger partial charge in [-0.25, -0.2) is 0 Å². The van der Waals surface area contributed by atoms with Crippen molar-refractivity contribution in [3.05, 3.63) is 35.4 Å². The summed E-state index contributed by atoms with van der Waals surface area (Å²) in [6, 6.07) is 8.76. The van der Waals surface area contributed by atoms with E-state index in [1.54, 1.807) is 0 Å². The van der Waals surface area contributed by atoms with Crippen LogP contribution in [-0.4, -0.2) is 98.7 Å². The topological polar surface area (TPSA) is 83.1 Å². The summed E-state index contributed by atoms with van der Waals surface area (Å²) in [5.74, 6) is 3.06. The Hall–Kier alpha value is 3.71. The Morgan fingerprint density at radius 1 is 0.466 bits per heavy atom. The van der Waals surface area contributed by atoms with Gasteiger partial charge in [0.15, 0.2) is 0 Å². The summed E-state index contributed by atoms with van der Waals surface area (Å²) in [6.45, 7) is 25.8. The van der Waals surface area contributed by atoms with Crippen LogP contribution in [0.25, 0.3) is 0 Å². The molecule has 1 aromatic rings. The summed E-state index contributed by atoms with van der Waals surface area (Å²) >= 11 is 23.1. The van der Waals surface area contributed by atoms with Crippen molar-refractivity contribution in [1.29, 1.82) is 0 Å². The molecule has 0 aromatic heterocycles. The van der Waals surface area contributed by atoms with Gasteiger partial charge in [0.1, 0.15) is 16.9 Å². The van der Waals surface area contributed by atoms with E-state index in [1.165, 1.54) is 44.9 Å². The number of hydrogen-bond acceptors (Lipinski definition) is 21. The molecule has 9 nitrogen and oxygen atoms in total. The Morgan fingerprint density at radius 2 is 0.808 bits per heavy atom. The summed E-state index contributed by atoms with van der Waals surface area (Å²) in [7, 11) is 5.41. The predicted octanol–water partition coefficient (Wildman–Crippen LogP) is 16.7. The maximum Gasteiger partial charge on any atom is 0.519 e. The van der Waals surface area contributed by atoms with Crippen LogP contribution < -0.4 is 0 Å². The molecule has 9 unspecified atom stereocenters. The number of benzene rings is 1. The molecule has 0 N–H and O–H groups in total. The number of rotatable bonds is 35. The van der Waals surface area contributed by atoms with Gasteiger partial charge in [0.25, 0.3) is 0 Å². The third-order valence-electron chi connectivity index (χ3n) is 16.7. The van der Waals surface area contributed by atoms with Crippen LogP contribution >= 0.6 is 133 Å². The van der Waals surface area contributed by atoms with Crippen LogP contribution in [0.5, 0.6) is 0 Å². The van der Waals surface area contributed by atoms with Crippen LogP contribution in [0, 0.1) is 35.5 Å². The third kappa shape index (κ3) is 11.9. The van der Waals surface area contributed by atoms with Gasteiger partial charge in [-0.3, -0.25) is 0 Å². The second-order valence-corrected chi connectivity index (χ2v) is 46.3. The van der Waals surface area contributed by atoms with Crippen LogP contribution in [0.3, 0.4) is 0 Å². The molecule has 0 spiro atoms. The van der Waals surface area contributed by atoms with Crippen molar-refractivity contribution in [2.45, 2.75) is 172 Å². The number of hydrogen-bond donors (Lipinski definition) is 4. The van der Waals surface area contributed by atoms with Crippen molar-refractivity contribution in [1.82, 2.24) is 0 Å². The summed E-state index contributed by atoms with van der Waals surface area (Å²) in [6.07, 6.45) is 13.6. The summed E-state index contributed by atoms with van der Waals surface area (Å²) in [4.78, 5) is 0. The van der Waals surface area contributed by atoms with E-state index in [4.69, 9.17) is 90.3 Å². The van der Waals surface area contributed by atoms with Crippen LogP contribution in [0.2, 0.25) is 5.04 Å². The largest absolute Gasteiger partial charge is 0.519 e. The molecule has 420 valence electrons. The third-order valence-corrected chi connectivity index (χ3v) is 50.4. The first kappa shape index (κ1) is 64.3. The predicted molar refractivity (Wildman–Crippen MR) is 341 cm³/mol. The molecular weight excluding hydrogens is 1200 g/mol. The highest BCUT2D eigenvalue weighted by Gasteiger charge is 2.79. The molecule has 1 aromatic carbocycles. The first-order chi connectivity index (χ1) is 35.0. The van der Waals surface area contributed by atoms with Crippen molar-refractivity contribution in [3.63, 3.8) is 0 Å². The van der Waals surface area contributed by atoms with Crippen molar-refractivity contribution >= 4 is 159 Å². The molecule has 7 rings (SSSR count). The highest BCUT2D eigenvalue weighted by atomic mass is 33.7. The zero-order chi connectivity index (χ0) is 52.8. The lowest BCUT2D eigenvalue weighted by atomic mass is 9.81. The zero-order valence-corrected chi connectivity index (χ0v) is 58.0. The first-order valence-corrected chi connectivity index (χ1v) is 43.7. The summed E-state index contributed by atoms with van der Waals surface area (Å²) in [5, 5.41) is -0.674. The van der Waals surface area contributed by atoms with E-state index in [0.29, 0.717) is 89.1 Å². The quantitative estimate of drug-likeness (QED) is 0.0171. The lowest BCUT2D eigenvalue weighted by molar-refractivity contribution is 0.0256. The van der Waals surface area contributed by atoms with E-state index in [-0.39, 0.29) is 14.7 Å². The zero-order valence-electron chi connectivity index (χ0n) is 44.9. The van der Waals surface area contributed by atoms with E-state index in [0.717, 1.165) is 43.2 Å². The van der Waals surface area contributed by atoms with Gasteiger partial charge in [-0.15, -0.1) is 0 Å². The van der Waals surface area contributed by atoms with Crippen molar-refractivity contribution in [2.75, 3.05) is 59.5 Å². The fraction of sp³-hybridized carbons (Fsp3) is 0.878. The van der Waals surface area contributed by atoms with Gasteiger partial charge in [-0.05, 0) is 213 Å². The summed E-state index contributed by atoms with van der Waals surface area (Å²) < 4.78 is 58.2. The minimum Gasteiger partial charge on any atom is -0.373 e. The Bertz CT molecular complexity index is 1810. The lowest BCUT2D eigenvalue weighted by Crippen LogP contribution is -2.67. The average molecular weight is 1290 g/mol. The van der Waals surface area contributed by atoms with Gasteiger partial charge in [0, 0.05) is 59.5 Å². The second kappa shape index (κ2) is 27.6. The number of thiol groups is 4. The average Bonchev–Trinajstić information content (AvgIpc) is 4.26. The van der Waals surface area contributed by atoms with E-state index in [2.05, 4.69) is 72.7 Å². The molecule has 0 radical (unpaired) electrons. The van der Waals surface area contributed by atoms with Gasteiger partial charge < -0.3 is 39.8 Å². The molecule has 6 fully saturated rings. The molecular formula is C49H86O9S12Si3. The van der Waals surface area contributed by atoms with Crippen molar-refractivity contribution < 1.29 is 39.8 Å². The highest BCUT2D eigenvalue weighted by molar-refractivity contribution is 9.29. The molecule has 6 aliphatic carbocycles.